The fourth-order valence-corrected chi connectivity index (χ4v) is 2.67. The first-order valence-corrected chi connectivity index (χ1v) is 6.04. The molecule has 2 nitrogen and oxygen atoms in total. The van der Waals surface area contributed by atoms with Crippen LogP contribution < -0.4 is 0 Å². The molecule has 2 rings (SSSR count). The highest BCUT2D eigenvalue weighted by Gasteiger charge is 2.36. The van der Waals surface area contributed by atoms with Crippen molar-refractivity contribution >= 4 is 6.08 Å². The maximum atomic E-state index is 14.2. The van der Waals surface area contributed by atoms with Crippen molar-refractivity contribution in [3.63, 3.8) is 0 Å². The van der Waals surface area contributed by atoms with Crippen LogP contribution in [0.1, 0.15) is 43.2 Å². The first kappa shape index (κ1) is 12.0. The van der Waals surface area contributed by atoms with Gasteiger partial charge in [0.2, 0.25) is 6.08 Å². The van der Waals surface area contributed by atoms with E-state index in [-0.39, 0.29) is 5.82 Å². The van der Waals surface area contributed by atoms with Gasteiger partial charge in [-0.05, 0) is 25.3 Å². The van der Waals surface area contributed by atoms with Gasteiger partial charge in [-0.15, -0.1) is 0 Å². The lowest BCUT2D eigenvalue weighted by Gasteiger charge is -2.33. The van der Waals surface area contributed by atoms with E-state index in [1.54, 1.807) is 25.1 Å². The molecule has 0 unspecified atom stereocenters. The van der Waals surface area contributed by atoms with Crippen molar-refractivity contribution in [2.45, 2.75) is 44.6 Å². The van der Waals surface area contributed by atoms with E-state index in [0.717, 1.165) is 32.1 Å². The highest BCUT2D eigenvalue weighted by Crippen LogP contribution is 2.41. The molecule has 90 valence electrons. The topological polar surface area (TPSA) is 29.4 Å². The van der Waals surface area contributed by atoms with Crippen molar-refractivity contribution in [1.82, 2.24) is 0 Å². The van der Waals surface area contributed by atoms with Gasteiger partial charge in [0.05, 0.1) is 0 Å². The lowest BCUT2D eigenvalue weighted by atomic mass is 9.76. The molecule has 0 radical (unpaired) electrons. The molecular formula is C14H16FNO. The normalized spacial score (nSPS) is 18.5. The number of halogens is 1. The lowest BCUT2D eigenvalue weighted by Crippen LogP contribution is -2.28. The SMILES string of the molecule is Cc1cccc(C2(N=C=O)CCCCC2)c1F. The Morgan fingerprint density at radius 3 is 2.65 bits per heavy atom. The lowest BCUT2D eigenvalue weighted by molar-refractivity contribution is 0.294. The van der Waals surface area contributed by atoms with Crippen LogP contribution in [0.15, 0.2) is 23.2 Å². The van der Waals surface area contributed by atoms with Gasteiger partial charge in [-0.25, -0.2) is 9.18 Å². The van der Waals surface area contributed by atoms with Gasteiger partial charge in [-0.2, -0.15) is 4.99 Å². The molecule has 0 saturated heterocycles. The zero-order valence-corrected chi connectivity index (χ0v) is 10.0. The molecule has 0 heterocycles. The number of aryl methyl sites for hydroxylation is 1. The quantitative estimate of drug-likeness (QED) is 0.566. The molecule has 0 amide bonds. The average Bonchev–Trinajstić information content (AvgIpc) is 2.34. The van der Waals surface area contributed by atoms with Gasteiger partial charge >= 0.3 is 0 Å². The van der Waals surface area contributed by atoms with E-state index < -0.39 is 5.54 Å². The van der Waals surface area contributed by atoms with Crippen molar-refractivity contribution in [3.8, 4) is 0 Å². The largest absolute Gasteiger partial charge is 0.235 e. The molecular weight excluding hydrogens is 217 g/mol. The zero-order valence-electron chi connectivity index (χ0n) is 10.0. The third-order valence-electron chi connectivity index (χ3n) is 3.63. The van der Waals surface area contributed by atoms with Crippen LogP contribution in [-0.4, -0.2) is 6.08 Å². The van der Waals surface area contributed by atoms with E-state index >= 15 is 0 Å². The van der Waals surface area contributed by atoms with Crippen LogP contribution in [0.3, 0.4) is 0 Å². The molecule has 1 aliphatic carbocycles. The van der Waals surface area contributed by atoms with E-state index in [4.69, 9.17) is 0 Å². The third-order valence-corrected chi connectivity index (χ3v) is 3.63. The summed E-state index contributed by atoms with van der Waals surface area (Å²) in [4.78, 5) is 14.6. The van der Waals surface area contributed by atoms with E-state index in [0.29, 0.717) is 11.1 Å². The maximum Gasteiger partial charge on any atom is 0.235 e. The molecule has 3 heteroatoms. The molecule has 17 heavy (non-hydrogen) atoms. The van der Waals surface area contributed by atoms with Gasteiger partial charge in [0, 0.05) is 5.56 Å². The Bertz CT molecular complexity index is 457. The number of isocyanates is 1. The van der Waals surface area contributed by atoms with Gasteiger partial charge < -0.3 is 0 Å². The predicted octanol–water partition coefficient (Wildman–Crippen LogP) is 3.63. The second-order valence-electron chi connectivity index (χ2n) is 4.73. The minimum atomic E-state index is -0.671. The standard InChI is InChI=1S/C14H16FNO/c1-11-6-5-7-12(13(11)15)14(16-10-17)8-3-2-4-9-14/h5-7H,2-4,8-9H2,1H3. The predicted molar refractivity (Wildman–Crippen MR) is 64.0 cm³/mol. The van der Waals surface area contributed by atoms with Crippen LogP contribution in [0.2, 0.25) is 0 Å². The van der Waals surface area contributed by atoms with Gasteiger partial charge in [0.1, 0.15) is 11.4 Å². The first-order valence-electron chi connectivity index (χ1n) is 6.04. The van der Waals surface area contributed by atoms with E-state index in [1.807, 2.05) is 6.07 Å². The molecule has 1 saturated carbocycles. The van der Waals surface area contributed by atoms with E-state index in [9.17, 15) is 9.18 Å². The number of aliphatic imine (C=N–C) groups is 1. The van der Waals surface area contributed by atoms with E-state index in [1.165, 1.54) is 0 Å². The second-order valence-corrected chi connectivity index (χ2v) is 4.73. The van der Waals surface area contributed by atoms with Gasteiger partial charge in [-0.3, -0.25) is 0 Å². The van der Waals surface area contributed by atoms with Crippen molar-refractivity contribution in [2.75, 3.05) is 0 Å². The Kier molecular flexibility index (Phi) is 3.39. The molecule has 1 aliphatic rings. The van der Waals surface area contributed by atoms with Crippen LogP contribution in [0.4, 0.5) is 4.39 Å². The van der Waals surface area contributed by atoms with Crippen molar-refractivity contribution in [1.29, 1.82) is 0 Å². The van der Waals surface area contributed by atoms with Crippen LogP contribution in [0.25, 0.3) is 0 Å². The highest BCUT2D eigenvalue weighted by molar-refractivity contribution is 5.40. The summed E-state index contributed by atoms with van der Waals surface area (Å²) < 4.78 is 14.2. The Hall–Kier alpha value is -1.47. The molecule has 0 bridgehead atoms. The van der Waals surface area contributed by atoms with Crippen LogP contribution in [0, 0.1) is 12.7 Å². The van der Waals surface area contributed by atoms with Gasteiger partial charge in [0.25, 0.3) is 0 Å². The van der Waals surface area contributed by atoms with Crippen LogP contribution in [0.5, 0.6) is 0 Å². The summed E-state index contributed by atoms with van der Waals surface area (Å²) in [6.45, 7) is 1.74. The average molecular weight is 233 g/mol. The minimum absolute atomic E-state index is 0.228. The highest BCUT2D eigenvalue weighted by atomic mass is 19.1. The fraction of sp³-hybridized carbons (Fsp3) is 0.500. The summed E-state index contributed by atoms with van der Waals surface area (Å²) in [5, 5.41) is 0. The van der Waals surface area contributed by atoms with Crippen LogP contribution in [-0.2, 0) is 10.3 Å². The second kappa shape index (κ2) is 4.80. The fourth-order valence-electron chi connectivity index (χ4n) is 2.67. The van der Waals surface area contributed by atoms with Gasteiger partial charge in [-0.1, -0.05) is 37.5 Å². The van der Waals surface area contributed by atoms with E-state index in [2.05, 4.69) is 4.99 Å². The summed E-state index contributed by atoms with van der Waals surface area (Å²) in [5.41, 5.74) is 0.491. The molecule has 1 fully saturated rings. The molecule has 0 aromatic heterocycles. The minimum Gasteiger partial charge on any atom is -0.211 e. The third kappa shape index (κ3) is 2.16. The summed E-state index contributed by atoms with van der Waals surface area (Å²) in [6.07, 6.45) is 6.21. The molecule has 1 aromatic carbocycles. The summed E-state index contributed by atoms with van der Waals surface area (Å²) in [6, 6.07) is 5.30. The van der Waals surface area contributed by atoms with Crippen LogP contribution >= 0.6 is 0 Å². The number of hydrogen-bond acceptors (Lipinski definition) is 2. The number of rotatable bonds is 2. The number of benzene rings is 1. The molecule has 0 atom stereocenters. The molecule has 1 aromatic rings. The number of carbonyl (C=O) groups excluding carboxylic acids is 1. The first-order chi connectivity index (χ1) is 8.19. The van der Waals surface area contributed by atoms with Crippen molar-refractivity contribution in [3.05, 3.63) is 35.1 Å². The number of nitrogens with zero attached hydrogens (tertiary/aromatic N) is 1. The van der Waals surface area contributed by atoms with Crippen molar-refractivity contribution in [2.24, 2.45) is 4.99 Å². The molecule has 0 spiro atoms. The smallest absolute Gasteiger partial charge is 0.211 e. The number of hydrogen-bond donors (Lipinski definition) is 0. The monoisotopic (exact) mass is 233 g/mol. The maximum absolute atomic E-state index is 14.2. The Morgan fingerprint density at radius 2 is 2.00 bits per heavy atom. The van der Waals surface area contributed by atoms with Gasteiger partial charge in [0.15, 0.2) is 0 Å². The van der Waals surface area contributed by atoms with Crippen molar-refractivity contribution < 1.29 is 9.18 Å². The zero-order chi connectivity index (χ0) is 12.3. The summed E-state index contributed by atoms with van der Waals surface area (Å²) >= 11 is 0. The molecule has 0 aliphatic heterocycles. The Balaban J connectivity index is 2.52. The summed E-state index contributed by atoms with van der Waals surface area (Å²) in [7, 11) is 0. The summed E-state index contributed by atoms with van der Waals surface area (Å²) in [5.74, 6) is -0.228. The Morgan fingerprint density at radius 1 is 1.29 bits per heavy atom. The Labute approximate surface area is 101 Å². The molecule has 0 N–H and O–H groups in total.